The van der Waals surface area contributed by atoms with E-state index in [9.17, 15) is 0 Å². The molecule has 3 heterocycles. The van der Waals surface area contributed by atoms with Crippen molar-refractivity contribution in [2.75, 3.05) is 26.7 Å². The van der Waals surface area contributed by atoms with Gasteiger partial charge in [-0.15, -0.1) is 0 Å². The van der Waals surface area contributed by atoms with Gasteiger partial charge >= 0.3 is 0 Å². The molecule has 2 bridgehead atoms. The lowest BCUT2D eigenvalue weighted by Crippen LogP contribution is -2.50. The molecule has 0 saturated carbocycles. The lowest BCUT2D eigenvalue weighted by Gasteiger charge is -2.38. The van der Waals surface area contributed by atoms with Crippen LogP contribution in [0.3, 0.4) is 0 Å². The van der Waals surface area contributed by atoms with Gasteiger partial charge in [-0.05, 0) is 44.0 Å². The standard InChI is InChI=1S/C18H25ClN2O2/c1-21-8-9-22-17(11-21)18(12-2-4-13(19)5-3-12)20-15-10-14-6-7-16(15)23-14/h2-5,14-18,20H,6-11H2,1H3/t14-,15+,16-,17+,18-/m1/s1. The summed E-state index contributed by atoms with van der Waals surface area (Å²) in [5, 5.41) is 4.63. The number of morpholine rings is 1. The van der Waals surface area contributed by atoms with E-state index in [0.717, 1.165) is 31.1 Å². The van der Waals surface area contributed by atoms with E-state index in [2.05, 4.69) is 29.4 Å². The molecule has 4 nitrogen and oxygen atoms in total. The summed E-state index contributed by atoms with van der Waals surface area (Å²) in [6, 6.07) is 8.79. The zero-order valence-corrected chi connectivity index (χ0v) is 14.3. The van der Waals surface area contributed by atoms with Gasteiger partial charge in [-0.25, -0.2) is 0 Å². The van der Waals surface area contributed by atoms with Crippen LogP contribution in [0.25, 0.3) is 0 Å². The first-order valence-corrected chi connectivity index (χ1v) is 9.04. The molecule has 5 atom stereocenters. The number of benzene rings is 1. The Balaban J connectivity index is 1.54. The number of fused-ring (bicyclic) bond motifs is 2. The summed E-state index contributed by atoms with van der Waals surface area (Å²) < 4.78 is 12.1. The largest absolute Gasteiger partial charge is 0.374 e. The second-order valence-corrected chi connectivity index (χ2v) is 7.52. The molecule has 0 amide bonds. The molecule has 3 saturated heterocycles. The highest BCUT2D eigenvalue weighted by Crippen LogP contribution is 2.36. The van der Waals surface area contributed by atoms with Gasteiger partial charge in [-0.1, -0.05) is 23.7 Å². The van der Waals surface area contributed by atoms with Crippen LogP contribution in [0.15, 0.2) is 24.3 Å². The summed E-state index contributed by atoms with van der Waals surface area (Å²) in [5.74, 6) is 0. The molecule has 1 aromatic rings. The Morgan fingerprint density at radius 2 is 2.09 bits per heavy atom. The second kappa shape index (κ2) is 6.69. The minimum atomic E-state index is 0.161. The fraction of sp³-hybridized carbons (Fsp3) is 0.667. The van der Waals surface area contributed by atoms with Crippen LogP contribution in [0.5, 0.6) is 0 Å². The van der Waals surface area contributed by atoms with Gasteiger partial charge in [0.1, 0.15) is 0 Å². The van der Waals surface area contributed by atoms with Crippen molar-refractivity contribution in [2.45, 2.75) is 49.7 Å². The van der Waals surface area contributed by atoms with Gasteiger partial charge in [0.2, 0.25) is 0 Å². The van der Waals surface area contributed by atoms with E-state index in [0.29, 0.717) is 18.2 Å². The van der Waals surface area contributed by atoms with Gasteiger partial charge in [0.05, 0.1) is 31.0 Å². The molecule has 0 radical (unpaired) electrons. The Kier molecular flexibility index (Phi) is 4.61. The van der Waals surface area contributed by atoms with Crippen LogP contribution in [-0.2, 0) is 9.47 Å². The van der Waals surface area contributed by atoms with Crippen molar-refractivity contribution in [2.24, 2.45) is 0 Å². The zero-order chi connectivity index (χ0) is 15.8. The maximum absolute atomic E-state index is 6.11. The van der Waals surface area contributed by atoms with Crippen molar-refractivity contribution in [3.63, 3.8) is 0 Å². The number of halogens is 1. The Hall–Kier alpha value is -0.650. The van der Waals surface area contributed by atoms with E-state index in [4.69, 9.17) is 21.1 Å². The Bertz CT molecular complexity index is 538. The van der Waals surface area contributed by atoms with E-state index in [1.54, 1.807) is 0 Å². The Morgan fingerprint density at radius 1 is 1.26 bits per heavy atom. The second-order valence-electron chi connectivity index (χ2n) is 7.08. The van der Waals surface area contributed by atoms with E-state index < -0.39 is 0 Å². The smallest absolute Gasteiger partial charge is 0.0896 e. The number of hydrogen-bond acceptors (Lipinski definition) is 4. The Morgan fingerprint density at radius 3 is 2.74 bits per heavy atom. The maximum Gasteiger partial charge on any atom is 0.0896 e. The SMILES string of the molecule is CN1CCO[C@H]([C@H](N[C@H]2C[C@H]3CC[C@H]2O3)c2ccc(Cl)cc2)C1. The van der Waals surface area contributed by atoms with Crippen LogP contribution in [-0.4, -0.2) is 56.0 Å². The molecule has 126 valence electrons. The number of likely N-dealkylation sites (N-methyl/N-ethyl adjacent to an activating group) is 1. The predicted octanol–water partition coefficient (Wildman–Crippen LogP) is 2.62. The summed E-state index contributed by atoms with van der Waals surface area (Å²) in [6.07, 6.45) is 4.51. The quantitative estimate of drug-likeness (QED) is 0.916. The molecule has 5 heteroatoms. The molecule has 1 N–H and O–H groups in total. The van der Waals surface area contributed by atoms with Crippen molar-refractivity contribution in [3.8, 4) is 0 Å². The van der Waals surface area contributed by atoms with Crippen LogP contribution in [0, 0.1) is 0 Å². The molecular formula is C18H25ClN2O2. The molecule has 1 aromatic carbocycles. The molecule has 3 aliphatic heterocycles. The number of nitrogens with one attached hydrogen (secondary N) is 1. The van der Waals surface area contributed by atoms with Gasteiger partial charge in [0.15, 0.2) is 0 Å². The summed E-state index contributed by atoms with van der Waals surface area (Å²) in [7, 11) is 2.16. The molecule has 23 heavy (non-hydrogen) atoms. The monoisotopic (exact) mass is 336 g/mol. The van der Waals surface area contributed by atoms with Crippen molar-refractivity contribution in [3.05, 3.63) is 34.9 Å². The number of rotatable bonds is 4. The van der Waals surface area contributed by atoms with Crippen LogP contribution in [0.2, 0.25) is 5.02 Å². The first-order chi connectivity index (χ1) is 11.2. The molecule has 3 fully saturated rings. The lowest BCUT2D eigenvalue weighted by atomic mass is 9.92. The number of ether oxygens (including phenoxy) is 2. The molecule has 3 aliphatic rings. The first kappa shape index (κ1) is 15.9. The van der Waals surface area contributed by atoms with Crippen LogP contribution < -0.4 is 5.32 Å². The molecule has 0 aliphatic carbocycles. The summed E-state index contributed by atoms with van der Waals surface area (Å²) in [5.41, 5.74) is 1.25. The highest BCUT2D eigenvalue weighted by atomic mass is 35.5. The van der Waals surface area contributed by atoms with Crippen molar-refractivity contribution in [1.82, 2.24) is 10.2 Å². The van der Waals surface area contributed by atoms with E-state index in [1.807, 2.05) is 12.1 Å². The lowest BCUT2D eigenvalue weighted by molar-refractivity contribution is -0.0426. The first-order valence-electron chi connectivity index (χ1n) is 8.66. The third-order valence-electron chi connectivity index (χ3n) is 5.40. The van der Waals surface area contributed by atoms with Gasteiger partial charge < -0.3 is 19.7 Å². The molecule has 4 rings (SSSR count). The van der Waals surface area contributed by atoms with Gasteiger partial charge in [0.25, 0.3) is 0 Å². The summed E-state index contributed by atoms with van der Waals surface area (Å²) >= 11 is 6.07. The fourth-order valence-electron chi connectivity index (χ4n) is 4.14. The number of hydrogen-bond donors (Lipinski definition) is 1. The highest BCUT2D eigenvalue weighted by molar-refractivity contribution is 6.30. The van der Waals surface area contributed by atoms with Crippen molar-refractivity contribution < 1.29 is 9.47 Å². The van der Waals surface area contributed by atoms with Crippen molar-refractivity contribution in [1.29, 1.82) is 0 Å². The van der Waals surface area contributed by atoms with Crippen LogP contribution in [0.1, 0.15) is 30.9 Å². The molecule has 0 aromatic heterocycles. The molecule has 0 unspecified atom stereocenters. The van der Waals surface area contributed by atoms with Gasteiger partial charge in [-0.3, -0.25) is 0 Å². The predicted molar refractivity (Wildman–Crippen MR) is 90.9 cm³/mol. The van der Waals surface area contributed by atoms with E-state index in [-0.39, 0.29) is 12.1 Å². The van der Waals surface area contributed by atoms with Gasteiger partial charge in [0, 0.05) is 24.2 Å². The minimum absolute atomic E-state index is 0.161. The van der Waals surface area contributed by atoms with Gasteiger partial charge in [-0.2, -0.15) is 0 Å². The fourth-order valence-corrected chi connectivity index (χ4v) is 4.27. The van der Waals surface area contributed by atoms with E-state index >= 15 is 0 Å². The zero-order valence-electron chi connectivity index (χ0n) is 13.6. The average Bonchev–Trinajstić information content (AvgIpc) is 3.16. The maximum atomic E-state index is 6.11. The highest BCUT2D eigenvalue weighted by Gasteiger charge is 2.42. The normalized spacial score (nSPS) is 35.6. The topological polar surface area (TPSA) is 33.7 Å². The minimum Gasteiger partial charge on any atom is -0.374 e. The number of nitrogens with zero attached hydrogens (tertiary/aromatic N) is 1. The molecular weight excluding hydrogens is 312 g/mol. The van der Waals surface area contributed by atoms with Crippen LogP contribution in [0.4, 0.5) is 0 Å². The molecule has 0 spiro atoms. The van der Waals surface area contributed by atoms with E-state index in [1.165, 1.54) is 18.4 Å². The van der Waals surface area contributed by atoms with Crippen LogP contribution >= 0.6 is 11.6 Å². The summed E-state index contributed by atoms with van der Waals surface area (Å²) in [6.45, 7) is 2.74. The van der Waals surface area contributed by atoms with Crippen molar-refractivity contribution >= 4 is 11.6 Å². The summed E-state index contributed by atoms with van der Waals surface area (Å²) in [4.78, 5) is 2.34. The third kappa shape index (κ3) is 3.42. The third-order valence-corrected chi connectivity index (χ3v) is 5.65. The average molecular weight is 337 g/mol. The Labute approximate surface area is 143 Å².